The highest BCUT2D eigenvalue weighted by atomic mass is 32.1. The lowest BCUT2D eigenvalue weighted by Crippen LogP contribution is -2.34. The Morgan fingerprint density at radius 3 is 2.89 bits per heavy atom. The summed E-state index contributed by atoms with van der Waals surface area (Å²) in [4.78, 5) is 12.2. The average Bonchev–Trinajstić information content (AvgIpc) is 2.99. The fourth-order valence-electron chi connectivity index (χ4n) is 2.87. The molecule has 3 rings (SSSR count). The SMILES string of the molecule is CCN(c1nc(N)nc2sccc12)C1CCCC1. The van der Waals surface area contributed by atoms with Gasteiger partial charge in [-0.15, -0.1) is 11.3 Å². The number of nitrogens with zero attached hydrogens (tertiary/aromatic N) is 3. The molecule has 0 unspecified atom stereocenters. The highest BCUT2D eigenvalue weighted by Gasteiger charge is 2.24. The summed E-state index contributed by atoms with van der Waals surface area (Å²) in [5.41, 5.74) is 5.83. The topological polar surface area (TPSA) is 55.0 Å². The summed E-state index contributed by atoms with van der Waals surface area (Å²) in [5.74, 6) is 1.41. The zero-order chi connectivity index (χ0) is 12.5. The van der Waals surface area contributed by atoms with E-state index >= 15 is 0 Å². The monoisotopic (exact) mass is 262 g/mol. The number of nitrogens with two attached hydrogens (primary N) is 1. The van der Waals surface area contributed by atoms with Crippen molar-refractivity contribution in [2.45, 2.75) is 38.6 Å². The molecular formula is C13H18N4S. The van der Waals surface area contributed by atoms with Crippen molar-refractivity contribution in [2.75, 3.05) is 17.2 Å². The lowest BCUT2D eigenvalue weighted by Gasteiger charge is -2.29. The minimum Gasteiger partial charge on any atom is -0.368 e. The molecule has 1 aliphatic carbocycles. The number of nitrogen functional groups attached to an aromatic ring is 1. The van der Waals surface area contributed by atoms with Crippen molar-refractivity contribution < 1.29 is 0 Å². The van der Waals surface area contributed by atoms with Crippen LogP contribution in [0, 0.1) is 0 Å². The van der Waals surface area contributed by atoms with E-state index in [1.807, 2.05) is 0 Å². The first-order valence-electron chi connectivity index (χ1n) is 6.57. The number of hydrogen-bond donors (Lipinski definition) is 1. The Kier molecular flexibility index (Phi) is 3.07. The van der Waals surface area contributed by atoms with Gasteiger partial charge in [0.15, 0.2) is 0 Å². The average molecular weight is 262 g/mol. The molecule has 1 fully saturated rings. The molecule has 0 bridgehead atoms. The summed E-state index contributed by atoms with van der Waals surface area (Å²) in [6, 6.07) is 2.72. The zero-order valence-electron chi connectivity index (χ0n) is 10.6. The second-order valence-electron chi connectivity index (χ2n) is 4.77. The molecule has 0 aliphatic heterocycles. The maximum atomic E-state index is 5.83. The van der Waals surface area contributed by atoms with Crippen molar-refractivity contribution in [1.29, 1.82) is 0 Å². The Balaban J connectivity index is 2.07. The molecule has 18 heavy (non-hydrogen) atoms. The van der Waals surface area contributed by atoms with Crippen LogP contribution in [0.15, 0.2) is 11.4 Å². The van der Waals surface area contributed by atoms with Crippen LogP contribution >= 0.6 is 11.3 Å². The second-order valence-corrected chi connectivity index (χ2v) is 5.66. The van der Waals surface area contributed by atoms with E-state index < -0.39 is 0 Å². The molecule has 0 aromatic carbocycles. The molecule has 96 valence electrons. The highest BCUT2D eigenvalue weighted by Crippen LogP contribution is 2.33. The van der Waals surface area contributed by atoms with Crippen molar-refractivity contribution in [3.8, 4) is 0 Å². The van der Waals surface area contributed by atoms with E-state index in [4.69, 9.17) is 5.73 Å². The number of anilines is 2. The summed E-state index contributed by atoms with van der Waals surface area (Å²) in [6.07, 6.45) is 5.19. The van der Waals surface area contributed by atoms with Crippen LogP contribution in [0.2, 0.25) is 0 Å². The summed E-state index contributed by atoms with van der Waals surface area (Å²) < 4.78 is 0. The van der Waals surface area contributed by atoms with Gasteiger partial charge in [-0.1, -0.05) is 12.8 Å². The molecular weight excluding hydrogens is 244 g/mol. The van der Waals surface area contributed by atoms with Crippen molar-refractivity contribution in [3.63, 3.8) is 0 Å². The van der Waals surface area contributed by atoms with Gasteiger partial charge >= 0.3 is 0 Å². The van der Waals surface area contributed by atoms with Crippen LogP contribution < -0.4 is 10.6 Å². The van der Waals surface area contributed by atoms with E-state index in [-0.39, 0.29) is 0 Å². The molecule has 0 saturated heterocycles. The van der Waals surface area contributed by atoms with Gasteiger partial charge in [0.25, 0.3) is 0 Å². The predicted octanol–water partition coefficient (Wildman–Crippen LogP) is 3.04. The third-order valence-corrected chi connectivity index (χ3v) is 4.51. The molecule has 2 aromatic heterocycles. The minimum atomic E-state index is 0.386. The van der Waals surface area contributed by atoms with Gasteiger partial charge in [-0.25, -0.2) is 4.98 Å². The molecule has 0 amide bonds. The van der Waals surface area contributed by atoms with Crippen molar-refractivity contribution >= 4 is 33.3 Å². The minimum absolute atomic E-state index is 0.386. The van der Waals surface area contributed by atoms with Crippen molar-refractivity contribution in [1.82, 2.24) is 9.97 Å². The first-order valence-corrected chi connectivity index (χ1v) is 7.45. The molecule has 2 N–H and O–H groups in total. The predicted molar refractivity (Wildman–Crippen MR) is 77.1 cm³/mol. The Bertz CT molecular complexity index is 545. The third-order valence-electron chi connectivity index (χ3n) is 3.70. The Hall–Kier alpha value is -1.36. The van der Waals surface area contributed by atoms with E-state index in [9.17, 15) is 0 Å². The second kappa shape index (κ2) is 4.72. The molecule has 0 spiro atoms. The Labute approximate surface area is 111 Å². The molecule has 2 heterocycles. The maximum Gasteiger partial charge on any atom is 0.223 e. The third kappa shape index (κ3) is 1.92. The normalized spacial score (nSPS) is 16.5. The highest BCUT2D eigenvalue weighted by molar-refractivity contribution is 7.16. The molecule has 2 aromatic rings. The summed E-state index contributed by atoms with van der Waals surface area (Å²) in [7, 11) is 0. The fraction of sp³-hybridized carbons (Fsp3) is 0.538. The smallest absolute Gasteiger partial charge is 0.223 e. The summed E-state index contributed by atoms with van der Waals surface area (Å²) >= 11 is 1.63. The molecule has 4 nitrogen and oxygen atoms in total. The van der Waals surface area contributed by atoms with E-state index in [0.717, 1.165) is 22.6 Å². The van der Waals surface area contributed by atoms with Crippen LogP contribution in [0.5, 0.6) is 0 Å². The number of rotatable bonds is 3. The van der Waals surface area contributed by atoms with Crippen molar-refractivity contribution in [2.24, 2.45) is 0 Å². The largest absolute Gasteiger partial charge is 0.368 e. The number of hydrogen-bond acceptors (Lipinski definition) is 5. The van der Waals surface area contributed by atoms with Crippen LogP contribution in [0.25, 0.3) is 10.2 Å². The van der Waals surface area contributed by atoms with Crippen LogP contribution in [-0.2, 0) is 0 Å². The van der Waals surface area contributed by atoms with Gasteiger partial charge in [0.1, 0.15) is 10.6 Å². The number of fused-ring (bicyclic) bond motifs is 1. The van der Waals surface area contributed by atoms with Crippen LogP contribution in [0.1, 0.15) is 32.6 Å². The van der Waals surface area contributed by atoms with Gasteiger partial charge < -0.3 is 10.6 Å². The van der Waals surface area contributed by atoms with E-state index in [2.05, 4.69) is 33.2 Å². The van der Waals surface area contributed by atoms with Crippen LogP contribution in [-0.4, -0.2) is 22.6 Å². The first-order chi connectivity index (χ1) is 8.79. The molecule has 0 radical (unpaired) electrons. The van der Waals surface area contributed by atoms with E-state index in [1.54, 1.807) is 11.3 Å². The van der Waals surface area contributed by atoms with Gasteiger partial charge in [-0.05, 0) is 31.2 Å². The van der Waals surface area contributed by atoms with Gasteiger partial charge in [-0.2, -0.15) is 4.98 Å². The molecule has 1 aliphatic rings. The molecule has 5 heteroatoms. The van der Waals surface area contributed by atoms with Gasteiger partial charge in [0.05, 0.1) is 5.39 Å². The maximum absolute atomic E-state index is 5.83. The lowest BCUT2D eigenvalue weighted by atomic mass is 10.2. The van der Waals surface area contributed by atoms with Gasteiger partial charge in [-0.3, -0.25) is 0 Å². The van der Waals surface area contributed by atoms with E-state index in [0.29, 0.717) is 12.0 Å². The summed E-state index contributed by atoms with van der Waals surface area (Å²) in [5, 5.41) is 3.20. The Morgan fingerprint density at radius 2 is 2.17 bits per heavy atom. The fourth-order valence-corrected chi connectivity index (χ4v) is 3.64. The van der Waals surface area contributed by atoms with Crippen LogP contribution in [0.4, 0.5) is 11.8 Å². The molecule has 0 atom stereocenters. The number of thiophene rings is 1. The number of aromatic nitrogens is 2. The standard InChI is InChI=1S/C13H18N4S/c1-2-17(9-5-3-4-6-9)11-10-7-8-18-12(10)16-13(14)15-11/h7-9H,2-6H2,1H3,(H2,14,15,16). The summed E-state index contributed by atoms with van der Waals surface area (Å²) in [6.45, 7) is 3.17. The van der Waals surface area contributed by atoms with Gasteiger partial charge in [0.2, 0.25) is 5.95 Å². The lowest BCUT2D eigenvalue weighted by molar-refractivity contribution is 0.615. The quantitative estimate of drug-likeness (QED) is 0.923. The van der Waals surface area contributed by atoms with Gasteiger partial charge in [0, 0.05) is 12.6 Å². The Morgan fingerprint density at radius 1 is 1.39 bits per heavy atom. The van der Waals surface area contributed by atoms with Crippen molar-refractivity contribution in [3.05, 3.63) is 11.4 Å². The van der Waals surface area contributed by atoms with Crippen LogP contribution in [0.3, 0.4) is 0 Å². The van der Waals surface area contributed by atoms with E-state index in [1.165, 1.54) is 25.7 Å². The zero-order valence-corrected chi connectivity index (χ0v) is 11.4. The first kappa shape index (κ1) is 11.7. The molecule has 1 saturated carbocycles.